The van der Waals surface area contributed by atoms with Crippen LogP contribution in [0.1, 0.15) is 43.2 Å². The predicted octanol–water partition coefficient (Wildman–Crippen LogP) is 3.10. The summed E-state index contributed by atoms with van der Waals surface area (Å²) < 4.78 is 7.88. The number of aliphatic hydroxyl groups excluding tert-OH is 1. The minimum Gasteiger partial charge on any atom is -0.491 e. The number of hydrogen-bond acceptors (Lipinski definition) is 5. The van der Waals surface area contributed by atoms with Crippen LogP contribution in [0.4, 0.5) is 0 Å². The van der Waals surface area contributed by atoms with Crippen molar-refractivity contribution in [2.75, 3.05) is 33.8 Å². The lowest BCUT2D eigenvalue weighted by atomic mass is 9.94. The van der Waals surface area contributed by atoms with E-state index >= 15 is 0 Å². The van der Waals surface area contributed by atoms with Gasteiger partial charge in [-0.1, -0.05) is 37.5 Å². The van der Waals surface area contributed by atoms with Gasteiger partial charge in [-0.2, -0.15) is 5.10 Å². The molecule has 6 heteroatoms. The monoisotopic (exact) mass is 414 g/mol. The number of ether oxygens (including phenoxy) is 1. The molecular weight excluding hydrogens is 376 g/mol. The van der Waals surface area contributed by atoms with Gasteiger partial charge in [0.1, 0.15) is 18.5 Å². The predicted molar refractivity (Wildman–Crippen MR) is 121 cm³/mol. The maximum absolute atomic E-state index is 10.5. The van der Waals surface area contributed by atoms with Gasteiger partial charge in [0.2, 0.25) is 0 Å². The summed E-state index contributed by atoms with van der Waals surface area (Å²) >= 11 is 0. The molecule has 1 aliphatic carbocycles. The van der Waals surface area contributed by atoms with Gasteiger partial charge in [-0.3, -0.25) is 4.68 Å². The lowest BCUT2D eigenvalue weighted by Crippen LogP contribution is -2.40. The number of hydrogen-bond donors (Lipinski definition) is 1. The van der Waals surface area contributed by atoms with Crippen molar-refractivity contribution in [3.8, 4) is 5.75 Å². The first-order valence-electron chi connectivity index (χ1n) is 11.3. The second kappa shape index (κ2) is 11.5. The first kappa shape index (κ1) is 22.8. The summed E-state index contributed by atoms with van der Waals surface area (Å²) in [4.78, 5) is 4.60. The van der Waals surface area contributed by atoms with Crippen molar-refractivity contribution in [1.82, 2.24) is 19.6 Å². The molecule has 1 N–H and O–H groups in total. The summed E-state index contributed by atoms with van der Waals surface area (Å²) in [5.74, 6) is 0.866. The normalized spacial score (nSPS) is 16.3. The minimum absolute atomic E-state index is 0.327. The molecule has 1 aliphatic rings. The summed E-state index contributed by atoms with van der Waals surface area (Å²) in [7, 11) is 6.20. The fraction of sp³-hybridized carbons (Fsp3) is 0.625. The second-order valence-electron chi connectivity index (χ2n) is 8.81. The molecule has 2 aromatic rings. The van der Waals surface area contributed by atoms with Crippen molar-refractivity contribution in [2.24, 2.45) is 7.05 Å². The molecule has 30 heavy (non-hydrogen) atoms. The van der Waals surface area contributed by atoms with E-state index in [9.17, 15) is 5.11 Å². The zero-order valence-corrected chi connectivity index (χ0v) is 18.8. The number of aliphatic hydroxyl groups is 1. The Bertz CT molecular complexity index is 757. The molecule has 1 heterocycles. The van der Waals surface area contributed by atoms with E-state index in [2.05, 4.69) is 41.3 Å². The Morgan fingerprint density at radius 3 is 2.70 bits per heavy atom. The molecule has 1 aromatic heterocycles. The Kier molecular flexibility index (Phi) is 8.73. The number of rotatable bonds is 11. The lowest BCUT2D eigenvalue weighted by molar-refractivity contribution is 0.0557. The summed E-state index contributed by atoms with van der Waals surface area (Å²) in [6.07, 6.45) is 11.0. The highest BCUT2D eigenvalue weighted by molar-refractivity contribution is 5.33. The van der Waals surface area contributed by atoms with E-state index in [1.807, 2.05) is 36.1 Å². The number of aryl methyl sites for hydroxylation is 1. The molecule has 1 unspecified atom stereocenters. The highest BCUT2D eigenvalue weighted by Crippen LogP contribution is 2.22. The molecule has 3 rings (SSSR count). The summed E-state index contributed by atoms with van der Waals surface area (Å²) in [6, 6.07) is 8.76. The summed E-state index contributed by atoms with van der Waals surface area (Å²) in [5, 5.41) is 14.7. The van der Waals surface area contributed by atoms with Gasteiger partial charge in [0.15, 0.2) is 0 Å². The fourth-order valence-electron chi connectivity index (χ4n) is 4.31. The van der Waals surface area contributed by atoms with Crippen molar-refractivity contribution in [1.29, 1.82) is 0 Å². The molecule has 1 saturated carbocycles. The summed E-state index contributed by atoms with van der Waals surface area (Å²) in [6.45, 7) is 2.76. The smallest absolute Gasteiger partial charge is 0.123 e. The SMILES string of the molecule is CN(CCc1cnn(C)c1)Cc1ccccc1OCC(O)CN(C)C1CCCCC1. The van der Waals surface area contributed by atoms with Crippen LogP contribution < -0.4 is 4.74 Å². The number of nitrogens with zero attached hydrogens (tertiary/aromatic N) is 4. The van der Waals surface area contributed by atoms with Gasteiger partial charge in [0, 0.05) is 44.5 Å². The van der Waals surface area contributed by atoms with E-state index in [-0.39, 0.29) is 0 Å². The van der Waals surface area contributed by atoms with Crippen molar-refractivity contribution in [3.63, 3.8) is 0 Å². The van der Waals surface area contributed by atoms with E-state index in [0.29, 0.717) is 19.2 Å². The van der Waals surface area contributed by atoms with Crippen molar-refractivity contribution in [3.05, 3.63) is 47.8 Å². The second-order valence-corrected chi connectivity index (χ2v) is 8.81. The lowest BCUT2D eigenvalue weighted by Gasteiger charge is -2.32. The van der Waals surface area contributed by atoms with Crippen LogP contribution in [0.2, 0.25) is 0 Å². The Morgan fingerprint density at radius 2 is 1.97 bits per heavy atom. The molecule has 6 nitrogen and oxygen atoms in total. The van der Waals surface area contributed by atoms with Crippen LogP contribution in [0.15, 0.2) is 36.7 Å². The van der Waals surface area contributed by atoms with Gasteiger partial charge in [-0.05, 0) is 45.0 Å². The van der Waals surface area contributed by atoms with E-state index in [0.717, 1.165) is 30.8 Å². The van der Waals surface area contributed by atoms with E-state index < -0.39 is 6.10 Å². The third-order valence-electron chi connectivity index (χ3n) is 6.08. The first-order chi connectivity index (χ1) is 14.5. The average molecular weight is 415 g/mol. The Balaban J connectivity index is 1.45. The van der Waals surface area contributed by atoms with Crippen LogP contribution in [0.3, 0.4) is 0 Å². The Hall–Kier alpha value is -1.89. The van der Waals surface area contributed by atoms with E-state index in [4.69, 9.17) is 4.74 Å². The standard InChI is InChI=1S/C24H38N4O2/c1-26(14-13-20-15-25-28(3)16-20)17-21-9-7-8-12-24(21)30-19-23(29)18-27(2)22-10-5-4-6-11-22/h7-9,12,15-16,22-23,29H,4-6,10-11,13-14,17-19H2,1-3H3. The zero-order valence-electron chi connectivity index (χ0n) is 18.8. The van der Waals surface area contributed by atoms with Gasteiger partial charge in [0.25, 0.3) is 0 Å². The average Bonchev–Trinajstić information content (AvgIpc) is 3.17. The molecule has 166 valence electrons. The van der Waals surface area contributed by atoms with Gasteiger partial charge in [-0.25, -0.2) is 0 Å². The highest BCUT2D eigenvalue weighted by atomic mass is 16.5. The third kappa shape index (κ3) is 7.11. The molecule has 0 radical (unpaired) electrons. The van der Waals surface area contributed by atoms with Crippen molar-refractivity contribution < 1.29 is 9.84 Å². The first-order valence-corrected chi connectivity index (χ1v) is 11.3. The maximum Gasteiger partial charge on any atom is 0.123 e. The number of likely N-dealkylation sites (N-methyl/N-ethyl adjacent to an activating group) is 2. The van der Waals surface area contributed by atoms with Gasteiger partial charge >= 0.3 is 0 Å². The van der Waals surface area contributed by atoms with Gasteiger partial charge < -0.3 is 19.6 Å². The van der Waals surface area contributed by atoms with Crippen LogP contribution in [0, 0.1) is 0 Å². The number of benzene rings is 1. The molecule has 0 amide bonds. The van der Waals surface area contributed by atoms with E-state index in [1.54, 1.807) is 0 Å². The van der Waals surface area contributed by atoms with Crippen molar-refractivity contribution >= 4 is 0 Å². The van der Waals surface area contributed by atoms with Crippen LogP contribution in [-0.2, 0) is 20.0 Å². The van der Waals surface area contributed by atoms with Gasteiger partial charge in [0.05, 0.1) is 6.20 Å². The summed E-state index contributed by atoms with van der Waals surface area (Å²) in [5.41, 5.74) is 2.40. The molecule has 1 aromatic carbocycles. The molecule has 1 atom stereocenters. The molecule has 0 saturated heterocycles. The highest BCUT2D eigenvalue weighted by Gasteiger charge is 2.20. The van der Waals surface area contributed by atoms with Crippen LogP contribution in [0.25, 0.3) is 0 Å². The minimum atomic E-state index is -0.478. The van der Waals surface area contributed by atoms with Crippen LogP contribution in [-0.4, -0.2) is 70.6 Å². The topological polar surface area (TPSA) is 53.8 Å². The van der Waals surface area contributed by atoms with Crippen molar-refractivity contribution in [2.45, 2.75) is 57.2 Å². The quantitative estimate of drug-likeness (QED) is 0.612. The molecule has 0 bridgehead atoms. The van der Waals surface area contributed by atoms with E-state index in [1.165, 1.54) is 37.7 Å². The Morgan fingerprint density at radius 1 is 1.20 bits per heavy atom. The van der Waals surface area contributed by atoms with Gasteiger partial charge in [-0.15, -0.1) is 0 Å². The number of aromatic nitrogens is 2. The molecule has 1 fully saturated rings. The van der Waals surface area contributed by atoms with Crippen LogP contribution in [0.5, 0.6) is 5.75 Å². The fourth-order valence-corrected chi connectivity index (χ4v) is 4.31. The largest absolute Gasteiger partial charge is 0.491 e. The Labute approximate surface area is 181 Å². The van der Waals surface area contributed by atoms with Crippen LogP contribution >= 0.6 is 0 Å². The third-order valence-corrected chi connectivity index (χ3v) is 6.08. The molecule has 0 spiro atoms. The zero-order chi connectivity index (χ0) is 21.3. The molecular formula is C24H38N4O2. The molecule has 0 aliphatic heterocycles. The maximum atomic E-state index is 10.5. The number of para-hydroxylation sites is 1.